The van der Waals surface area contributed by atoms with Gasteiger partial charge in [-0.3, -0.25) is 10.1 Å². The molecular formula is C14H10ClF2NO2. The molecule has 1 unspecified atom stereocenters. The normalized spacial score (nSPS) is 12.2. The van der Waals surface area contributed by atoms with E-state index in [2.05, 4.69) is 0 Å². The van der Waals surface area contributed by atoms with E-state index in [9.17, 15) is 18.9 Å². The summed E-state index contributed by atoms with van der Waals surface area (Å²) in [5.41, 5.74) is 1.23. The predicted octanol–water partition coefficient (Wildman–Crippen LogP) is 4.40. The Morgan fingerprint density at radius 2 is 1.75 bits per heavy atom. The summed E-state index contributed by atoms with van der Waals surface area (Å²) in [4.78, 5) is 10.0. The molecule has 3 nitrogen and oxygen atoms in total. The van der Waals surface area contributed by atoms with Crippen LogP contribution in [0.2, 0.25) is 0 Å². The molecule has 0 aliphatic carbocycles. The monoisotopic (exact) mass is 297 g/mol. The quantitative estimate of drug-likeness (QED) is 0.477. The summed E-state index contributed by atoms with van der Waals surface area (Å²) < 4.78 is 25.9. The SMILES string of the molecule is O=[N+]([O-])c1ccc(CC(Cl)c2ccc(F)c(F)c2)cc1. The summed E-state index contributed by atoms with van der Waals surface area (Å²) in [6.45, 7) is 0. The molecule has 2 aromatic carbocycles. The fourth-order valence-electron chi connectivity index (χ4n) is 1.79. The average molecular weight is 298 g/mol. The number of alkyl halides is 1. The van der Waals surface area contributed by atoms with Gasteiger partial charge in [0.15, 0.2) is 11.6 Å². The zero-order valence-corrected chi connectivity index (χ0v) is 11.0. The molecule has 0 heterocycles. The number of nitro benzene ring substituents is 1. The first-order valence-electron chi connectivity index (χ1n) is 5.79. The molecule has 0 saturated carbocycles. The molecule has 0 fully saturated rings. The van der Waals surface area contributed by atoms with Gasteiger partial charge in [-0.05, 0) is 29.7 Å². The molecule has 0 bridgehead atoms. The van der Waals surface area contributed by atoms with E-state index in [0.717, 1.165) is 17.7 Å². The number of non-ortho nitro benzene ring substituents is 1. The van der Waals surface area contributed by atoms with E-state index in [1.165, 1.54) is 18.2 Å². The smallest absolute Gasteiger partial charge is 0.258 e. The molecule has 2 aromatic rings. The Labute approximate surface area is 119 Å². The van der Waals surface area contributed by atoms with Crippen LogP contribution >= 0.6 is 11.6 Å². The Hall–Kier alpha value is -2.01. The van der Waals surface area contributed by atoms with Crippen molar-refractivity contribution in [2.45, 2.75) is 11.8 Å². The topological polar surface area (TPSA) is 43.1 Å². The maximum absolute atomic E-state index is 13.1. The second-order valence-electron chi connectivity index (χ2n) is 4.27. The lowest BCUT2D eigenvalue weighted by molar-refractivity contribution is -0.384. The molecule has 2 rings (SSSR count). The molecule has 20 heavy (non-hydrogen) atoms. The molecule has 0 amide bonds. The summed E-state index contributed by atoms with van der Waals surface area (Å²) >= 11 is 6.14. The maximum Gasteiger partial charge on any atom is 0.269 e. The Morgan fingerprint density at radius 1 is 1.10 bits per heavy atom. The molecule has 0 aromatic heterocycles. The number of nitrogens with zero attached hydrogens (tertiary/aromatic N) is 1. The van der Waals surface area contributed by atoms with Crippen LogP contribution in [0.4, 0.5) is 14.5 Å². The fourth-order valence-corrected chi connectivity index (χ4v) is 2.10. The van der Waals surface area contributed by atoms with Crippen molar-refractivity contribution in [1.82, 2.24) is 0 Å². The second kappa shape index (κ2) is 5.96. The molecule has 0 aliphatic rings. The molecule has 0 spiro atoms. The van der Waals surface area contributed by atoms with Gasteiger partial charge in [-0.25, -0.2) is 8.78 Å². The molecule has 0 radical (unpaired) electrons. The highest BCUT2D eigenvalue weighted by Crippen LogP contribution is 2.27. The Kier molecular flexibility index (Phi) is 4.29. The summed E-state index contributed by atoms with van der Waals surface area (Å²) in [5, 5.41) is 9.99. The van der Waals surface area contributed by atoms with Crippen LogP contribution in [-0.4, -0.2) is 4.92 Å². The van der Waals surface area contributed by atoms with Crippen molar-refractivity contribution in [2.24, 2.45) is 0 Å². The van der Waals surface area contributed by atoms with Gasteiger partial charge in [-0.2, -0.15) is 0 Å². The zero-order valence-electron chi connectivity index (χ0n) is 10.2. The number of halogens is 3. The van der Waals surface area contributed by atoms with Crippen molar-refractivity contribution in [3.05, 3.63) is 75.3 Å². The zero-order chi connectivity index (χ0) is 14.7. The van der Waals surface area contributed by atoms with Gasteiger partial charge in [-0.15, -0.1) is 11.6 Å². The minimum atomic E-state index is -0.947. The van der Waals surface area contributed by atoms with Crippen LogP contribution in [0.1, 0.15) is 16.5 Å². The largest absolute Gasteiger partial charge is 0.269 e. The highest BCUT2D eigenvalue weighted by Gasteiger charge is 2.13. The van der Waals surface area contributed by atoms with Crippen LogP contribution in [0.5, 0.6) is 0 Å². The van der Waals surface area contributed by atoms with Crippen molar-refractivity contribution < 1.29 is 13.7 Å². The minimum absolute atomic E-state index is 0.00676. The highest BCUT2D eigenvalue weighted by atomic mass is 35.5. The Morgan fingerprint density at radius 3 is 2.30 bits per heavy atom. The molecule has 104 valence electrons. The minimum Gasteiger partial charge on any atom is -0.258 e. The lowest BCUT2D eigenvalue weighted by atomic mass is 10.0. The maximum atomic E-state index is 13.1. The van der Waals surface area contributed by atoms with Crippen molar-refractivity contribution >= 4 is 17.3 Å². The van der Waals surface area contributed by atoms with Gasteiger partial charge in [0.05, 0.1) is 10.3 Å². The molecule has 1 atom stereocenters. The lowest BCUT2D eigenvalue weighted by Crippen LogP contribution is -1.98. The van der Waals surface area contributed by atoms with Crippen molar-refractivity contribution in [1.29, 1.82) is 0 Å². The summed E-state index contributed by atoms with van der Waals surface area (Å²) in [6, 6.07) is 9.44. The van der Waals surface area contributed by atoms with E-state index in [4.69, 9.17) is 11.6 Å². The molecular weight excluding hydrogens is 288 g/mol. The van der Waals surface area contributed by atoms with E-state index < -0.39 is 21.9 Å². The van der Waals surface area contributed by atoms with Gasteiger partial charge >= 0.3 is 0 Å². The molecule has 0 aliphatic heterocycles. The molecule has 0 N–H and O–H groups in total. The van der Waals surface area contributed by atoms with Crippen LogP contribution < -0.4 is 0 Å². The van der Waals surface area contributed by atoms with Crippen LogP contribution in [0.25, 0.3) is 0 Å². The van der Waals surface area contributed by atoms with Crippen LogP contribution in [0.3, 0.4) is 0 Å². The standard InChI is InChI=1S/C14H10ClF2NO2/c15-12(10-3-6-13(16)14(17)8-10)7-9-1-4-11(5-2-9)18(19)20/h1-6,8,12H,7H2. The first kappa shape index (κ1) is 14.4. The third-order valence-electron chi connectivity index (χ3n) is 2.87. The van der Waals surface area contributed by atoms with Gasteiger partial charge in [0.2, 0.25) is 0 Å². The Balaban J connectivity index is 2.12. The van der Waals surface area contributed by atoms with E-state index in [1.54, 1.807) is 12.1 Å². The summed E-state index contributed by atoms with van der Waals surface area (Å²) in [7, 11) is 0. The molecule has 6 heteroatoms. The third-order valence-corrected chi connectivity index (χ3v) is 3.27. The average Bonchev–Trinajstić information content (AvgIpc) is 2.42. The van der Waals surface area contributed by atoms with Crippen LogP contribution in [0.15, 0.2) is 42.5 Å². The van der Waals surface area contributed by atoms with Gasteiger partial charge in [-0.1, -0.05) is 18.2 Å². The summed E-state index contributed by atoms with van der Waals surface area (Å²) in [6.07, 6.45) is 0.366. The van der Waals surface area contributed by atoms with Crippen molar-refractivity contribution in [2.75, 3.05) is 0 Å². The van der Waals surface area contributed by atoms with Crippen molar-refractivity contribution in [3.63, 3.8) is 0 Å². The third kappa shape index (κ3) is 3.30. The van der Waals surface area contributed by atoms with Crippen molar-refractivity contribution in [3.8, 4) is 0 Å². The number of nitro groups is 1. The van der Waals surface area contributed by atoms with Gasteiger partial charge in [0.1, 0.15) is 0 Å². The van der Waals surface area contributed by atoms with Gasteiger partial charge < -0.3 is 0 Å². The predicted molar refractivity (Wildman–Crippen MR) is 71.8 cm³/mol. The Bertz CT molecular complexity index is 632. The fraction of sp³-hybridized carbons (Fsp3) is 0.143. The summed E-state index contributed by atoms with van der Waals surface area (Å²) in [5.74, 6) is -1.87. The van der Waals surface area contributed by atoms with Gasteiger partial charge in [0.25, 0.3) is 5.69 Å². The highest BCUT2D eigenvalue weighted by molar-refractivity contribution is 6.20. The van der Waals surface area contributed by atoms with Crippen LogP contribution in [-0.2, 0) is 6.42 Å². The first-order chi connectivity index (χ1) is 9.47. The van der Waals surface area contributed by atoms with Gasteiger partial charge in [0, 0.05) is 12.1 Å². The van der Waals surface area contributed by atoms with E-state index in [1.807, 2.05) is 0 Å². The number of benzene rings is 2. The number of hydrogen-bond acceptors (Lipinski definition) is 2. The lowest BCUT2D eigenvalue weighted by Gasteiger charge is -2.10. The molecule has 0 saturated heterocycles. The van der Waals surface area contributed by atoms with E-state index >= 15 is 0 Å². The number of hydrogen-bond donors (Lipinski definition) is 0. The number of rotatable bonds is 4. The van der Waals surface area contributed by atoms with E-state index in [-0.39, 0.29) is 5.69 Å². The van der Waals surface area contributed by atoms with Crippen LogP contribution in [0, 0.1) is 21.7 Å². The first-order valence-corrected chi connectivity index (χ1v) is 6.23. The van der Waals surface area contributed by atoms with E-state index in [0.29, 0.717) is 12.0 Å². The second-order valence-corrected chi connectivity index (χ2v) is 4.80.